The Morgan fingerprint density at radius 3 is 3.00 bits per heavy atom. The minimum absolute atomic E-state index is 0.0731. The van der Waals surface area contributed by atoms with Gasteiger partial charge in [0.2, 0.25) is 0 Å². The van der Waals surface area contributed by atoms with Crippen LogP contribution in [-0.4, -0.2) is 14.7 Å². The monoisotopic (exact) mass is 170 g/mol. The lowest BCUT2D eigenvalue weighted by atomic mass is 10.5. The smallest absolute Gasteiger partial charge is 0.177 e. The average molecular weight is 170 g/mol. The van der Waals surface area contributed by atoms with Gasteiger partial charge in [-0.3, -0.25) is 0 Å². The van der Waals surface area contributed by atoms with E-state index in [1.165, 1.54) is 12.8 Å². The van der Waals surface area contributed by atoms with Crippen molar-refractivity contribution in [1.82, 2.24) is 9.55 Å². The molecule has 0 unspecified atom stereocenters. The van der Waals surface area contributed by atoms with Gasteiger partial charge in [0.05, 0.1) is 12.3 Å². The third-order valence-corrected chi connectivity index (χ3v) is 2.28. The lowest BCUT2D eigenvalue weighted by molar-refractivity contribution is 0.270. The molecule has 60 valence electrons. The molecular weight excluding hydrogens is 160 g/mol. The van der Waals surface area contributed by atoms with Crippen molar-refractivity contribution in [3.63, 3.8) is 0 Å². The lowest BCUT2D eigenvalue weighted by Crippen LogP contribution is -1.99. The quantitative estimate of drug-likeness (QED) is 0.658. The van der Waals surface area contributed by atoms with Crippen LogP contribution in [0.3, 0.4) is 0 Å². The van der Waals surface area contributed by atoms with Gasteiger partial charge in [-0.15, -0.1) is 0 Å². The van der Waals surface area contributed by atoms with Gasteiger partial charge in [0, 0.05) is 12.2 Å². The second kappa shape index (κ2) is 2.46. The zero-order valence-electron chi connectivity index (χ0n) is 6.08. The molecule has 11 heavy (non-hydrogen) atoms. The summed E-state index contributed by atoms with van der Waals surface area (Å²) in [6.07, 6.45) is 4.17. The third kappa shape index (κ3) is 1.12. The molecule has 2 N–H and O–H groups in total. The largest absolute Gasteiger partial charge is 0.390 e. The highest BCUT2D eigenvalue weighted by atomic mass is 32.1. The molecule has 0 aromatic carbocycles. The standard InChI is InChI=1S/C7H10N2OS/c10-4-6-3-8-7(11)9(6)5-1-2-5/h3,5,10H,1-2,4H2,(H,8,11). The van der Waals surface area contributed by atoms with E-state index < -0.39 is 0 Å². The van der Waals surface area contributed by atoms with Crippen molar-refractivity contribution in [3.05, 3.63) is 16.7 Å². The molecule has 0 radical (unpaired) electrons. The molecule has 0 amide bonds. The number of hydrogen-bond donors (Lipinski definition) is 2. The Balaban J connectivity index is 2.46. The minimum Gasteiger partial charge on any atom is -0.390 e. The molecule has 1 aliphatic carbocycles. The van der Waals surface area contributed by atoms with Gasteiger partial charge in [0.15, 0.2) is 4.77 Å². The predicted octanol–water partition coefficient (Wildman–Crippen LogP) is 1.37. The van der Waals surface area contributed by atoms with Gasteiger partial charge >= 0.3 is 0 Å². The first-order valence-corrected chi connectivity index (χ1v) is 4.13. The zero-order chi connectivity index (χ0) is 7.84. The molecule has 1 aliphatic rings. The van der Waals surface area contributed by atoms with E-state index in [-0.39, 0.29) is 6.61 Å². The van der Waals surface area contributed by atoms with Gasteiger partial charge in [0.25, 0.3) is 0 Å². The molecule has 0 bridgehead atoms. The van der Waals surface area contributed by atoms with Crippen molar-refractivity contribution in [2.75, 3.05) is 0 Å². The molecule has 1 aromatic rings. The van der Waals surface area contributed by atoms with Crippen LogP contribution in [-0.2, 0) is 6.61 Å². The molecule has 1 fully saturated rings. The van der Waals surface area contributed by atoms with Gasteiger partial charge in [-0.25, -0.2) is 0 Å². The summed E-state index contributed by atoms with van der Waals surface area (Å²) in [5, 5.41) is 8.92. The van der Waals surface area contributed by atoms with Crippen LogP contribution in [0.25, 0.3) is 0 Å². The number of nitrogens with one attached hydrogen (secondary N) is 1. The number of imidazole rings is 1. The van der Waals surface area contributed by atoms with Gasteiger partial charge in [0.1, 0.15) is 0 Å². The van der Waals surface area contributed by atoms with Crippen LogP contribution in [0.4, 0.5) is 0 Å². The molecule has 0 aliphatic heterocycles. The van der Waals surface area contributed by atoms with Crippen LogP contribution in [0, 0.1) is 4.77 Å². The third-order valence-electron chi connectivity index (χ3n) is 1.96. The first kappa shape index (κ1) is 7.06. The van der Waals surface area contributed by atoms with Crippen molar-refractivity contribution in [3.8, 4) is 0 Å². The zero-order valence-corrected chi connectivity index (χ0v) is 6.90. The van der Waals surface area contributed by atoms with Gasteiger partial charge in [-0.1, -0.05) is 0 Å². The Hall–Kier alpha value is -0.610. The maximum Gasteiger partial charge on any atom is 0.177 e. The number of aromatic nitrogens is 2. The number of hydrogen-bond acceptors (Lipinski definition) is 2. The summed E-state index contributed by atoms with van der Waals surface area (Å²) >= 11 is 5.05. The van der Waals surface area contributed by atoms with Crippen molar-refractivity contribution >= 4 is 12.2 Å². The van der Waals surface area contributed by atoms with E-state index in [9.17, 15) is 0 Å². The summed E-state index contributed by atoms with van der Waals surface area (Å²) in [5.74, 6) is 0. The summed E-state index contributed by atoms with van der Waals surface area (Å²) in [6.45, 7) is 0.0731. The first-order valence-electron chi connectivity index (χ1n) is 3.72. The van der Waals surface area contributed by atoms with Crippen LogP contribution in [0.2, 0.25) is 0 Å². The van der Waals surface area contributed by atoms with E-state index in [1.807, 2.05) is 4.57 Å². The summed E-state index contributed by atoms with van der Waals surface area (Å²) in [5.41, 5.74) is 0.900. The number of H-pyrrole nitrogens is 1. The first-order chi connectivity index (χ1) is 5.33. The van der Waals surface area contributed by atoms with Crippen LogP contribution in [0.5, 0.6) is 0 Å². The van der Waals surface area contributed by atoms with Gasteiger partial charge in [-0.05, 0) is 25.1 Å². The Morgan fingerprint density at radius 2 is 2.45 bits per heavy atom. The van der Waals surface area contributed by atoms with E-state index in [1.54, 1.807) is 6.20 Å². The molecule has 4 heteroatoms. The second-order valence-corrected chi connectivity index (χ2v) is 3.23. The molecule has 1 aromatic heterocycles. The summed E-state index contributed by atoms with van der Waals surface area (Å²) in [7, 11) is 0. The van der Waals surface area contributed by atoms with Crippen LogP contribution in [0.1, 0.15) is 24.6 Å². The maximum atomic E-state index is 8.92. The highest BCUT2D eigenvalue weighted by molar-refractivity contribution is 7.71. The fourth-order valence-electron chi connectivity index (χ4n) is 1.27. The number of nitrogens with zero attached hydrogens (tertiary/aromatic N) is 1. The molecule has 1 saturated carbocycles. The van der Waals surface area contributed by atoms with E-state index in [0.29, 0.717) is 6.04 Å². The van der Waals surface area contributed by atoms with Crippen molar-refractivity contribution in [1.29, 1.82) is 0 Å². The van der Waals surface area contributed by atoms with E-state index in [0.717, 1.165) is 10.5 Å². The minimum atomic E-state index is 0.0731. The molecule has 0 spiro atoms. The Labute approximate surface area is 69.7 Å². The van der Waals surface area contributed by atoms with Crippen molar-refractivity contribution in [2.24, 2.45) is 0 Å². The topological polar surface area (TPSA) is 40.9 Å². The maximum absolute atomic E-state index is 8.92. The molecule has 0 saturated heterocycles. The lowest BCUT2D eigenvalue weighted by Gasteiger charge is -2.01. The van der Waals surface area contributed by atoms with Crippen LogP contribution < -0.4 is 0 Å². The number of rotatable bonds is 2. The SMILES string of the molecule is OCc1c[nH]c(=S)n1C1CC1. The average Bonchev–Trinajstić information content (AvgIpc) is 2.76. The number of aromatic amines is 1. The highest BCUT2D eigenvalue weighted by Crippen LogP contribution is 2.36. The number of aliphatic hydroxyl groups is 1. The predicted molar refractivity (Wildman–Crippen MR) is 43.8 cm³/mol. The second-order valence-electron chi connectivity index (χ2n) is 2.84. The fraction of sp³-hybridized carbons (Fsp3) is 0.571. The molecule has 0 atom stereocenters. The fourth-order valence-corrected chi connectivity index (χ4v) is 1.59. The Bertz CT molecular complexity index is 310. The van der Waals surface area contributed by atoms with Crippen molar-refractivity contribution in [2.45, 2.75) is 25.5 Å². The number of aliphatic hydroxyl groups excluding tert-OH is 1. The van der Waals surface area contributed by atoms with E-state index >= 15 is 0 Å². The molecule has 1 heterocycles. The Morgan fingerprint density at radius 1 is 1.73 bits per heavy atom. The Kier molecular flexibility index (Phi) is 1.58. The summed E-state index contributed by atoms with van der Waals surface area (Å²) < 4.78 is 2.74. The van der Waals surface area contributed by atoms with Crippen LogP contribution in [0.15, 0.2) is 6.20 Å². The van der Waals surface area contributed by atoms with Gasteiger partial charge < -0.3 is 14.7 Å². The molecular formula is C7H10N2OS. The molecule has 2 rings (SSSR count). The normalized spacial score (nSPS) is 17.2. The molecule has 3 nitrogen and oxygen atoms in total. The highest BCUT2D eigenvalue weighted by Gasteiger charge is 2.25. The summed E-state index contributed by atoms with van der Waals surface area (Å²) in [4.78, 5) is 2.93. The van der Waals surface area contributed by atoms with Crippen molar-refractivity contribution < 1.29 is 5.11 Å². The van der Waals surface area contributed by atoms with Gasteiger partial charge in [-0.2, -0.15) is 0 Å². The van der Waals surface area contributed by atoms with E-state index in [4.69, 9.17) is 17.3 Å². The summed E-state index contributed by atoms with van der Waals surface area (Å²) in [6, 6.07) is 0.552. The van der Waals surface area contributed by atoms with E-state index in [2.05, 4.69) is 4.98 Å². The van der Waals surface area contributed by atoms with Crippen LogP contribution >= 0.6 is 12.2 Å².